The van der Waals surface area contributed by atoms with Gasteiger partial charge in [-0.25, -0.2) is 4.79 Å². The highest BCUT2D eigenvalue weighted by molar-refractivity contribution is 5.81. The zero-order chi connectivity index (χ0) is 16.1. The first-order chi connectivity index (χ1) is 10.7. The maximum Gasteiger partial charge on any atom is 0.328 e. The number of hydrogen-bond acceptors (Lipinski definition) is 6. The van der Waals surface area contributed by atoms with Crippen LogP contribution < -0.4 is 19.1 Å². The first-order valence-corrected chi connectivity index (χ1v) is 7.30. The van der Waals surface area contributed by atoms with Gasteiger partial charge >= 0.3 is 5.97 Å². The van der Waals surface area contributed by atoms with E-state index < -0.39 is 0 Å². The van der Waals surface area contributed by atoms with Crippen LogP contribution in [0.25, 0.3) is 0 Å². The molecule has 0 N–H and O–H groups in total. The van der Waals surface area contributed by atoms with Crippen LogP contribution in [0.1, 0.15) is 19.3 Å². The number of piperidine rings is 1. The molecule has 1 saturated heterocycles. The van der Waals surface area contributed by atoms with Crippen LogP contribution >= 0.6 is 0 Å². The molecule has 1 unspecified atom stereocenters. The predicted molar refractivity (Wildman–Crippen MR) is 83.1 cm³/mol. The Morgan fingerprint density at radius 1 is 1.05 bits per heavy atom. The van der Waals surface area contributed by atoms with Crippen molar-refractivity contribution in [1.82, 2.24) is 0 Å². The van der Waals surface area contributed by atoms with Gasteiger partial charge in [-0.1, -0.05) is 0 Å². The maximum atomic E-state index is 12.0. The van der Waals surface area contributed by atoms with Crippen molar-refractivity contribution >= 4 is 11.7 Å². The van der Waals surface area contributed by atoms with Crippen molar-refractivity contribution in [2.24, 2.45) is 0 Å². The van der Waals surface area contributed by atoms with Gasteiger partial charge in [0, 0.05) is 24.4 Å². The molecule has 22 heavy (non-hydrogen) atoms. The fraction of sp³-hybridized carbons (Fsp3) is 0.562. The molecule has 1 aliphatic rings. The highest BCUT2D eigenvalue weighted by atomic mass is 16.5. The molecule has 1 heterocycles. The van der Waals surface area contributed by atoms with Gasteiger partial charge in [0.05, 0.1) is 28.4 Å². The quantitative estimate of drug-likeness (QED) is 0.778. The number of methoxy groups -OCH3 is 4. The average Bonchev–Trinajstić information content (AvgIpc) is 2.59. The van der Waals surface area contributed by atoms with E-state index in [4.69, 9.17) is 18.9 Å². The highest BCUT2D eigenvalue weighted by Crippen LogP contribution is 2.42. The number of benzene rings is 1. The molecule has 1 aliphatic heterocycles. The van der Waals surface area contributed by atoms with Crippen LogP contribution in [-0.2, 0) is 9.53 Å². The molecule has 0 spiro atoms. The lowest BCUT2D eigenvalue weighted by atomic mass is 10.0. The van der Waals surface area contributed by atoms with E-state index in [2.05, 4.69) is 0 Å². The summed E-state index contributed by atoms with van der Waals surface area (Å²) in [6.07, 6.45) is 2.83. The van der Waals surface area contributed by atoms with E-state index in [9.17, 15) is 4.79 Å². The number of hydrogen-bond donors (Lipinski definition) is 0. The number of esters is 1. The van der Waals surface area contributed by atoms with Gasteiger partial charge in [-0.3, -0.25) is 0 Å². The fourth-order valence-electron chi connectivity index (χ4n) is 2.85. The van der Waals surface area contributed by atoms with Crippen molar-refractivity contribution in [2.75, 3.05) is 39.9 Å². The molecule has 0 radical (unpaired) electrons. The molecule has 0 aromatic heterocycles. The molecule has 1 aromatic carbocycles. The zero-order valence-electron chi connectivity index (χ0n) is 13.5. The molecule has 6 nitrogen and oxygen atoms in total. The second-order valence-corrected chi connectivity index (χ2v) is 5.11. The van der Waals surface area contributed by atoms with Gasteiger partial charge < -0.3 is 23.8 Å². The van der Waals surface area contributed by atoms with E-state index in [1.165, 1.54) is 7.11 Å². The van der Waals surface area contributed by atoms with Crippen LogP contribution in [0.3, 0.4) is 0 Å². The second-order valence-electron chi connectivity index (χ2n) is 5.11. The lowest BCUT2D eigenvalue weighted by molar-refractivity contribution is -0.142. The summed E-state index contributed by atoms with van der Waals surface area (Å²) in [5.74, 6) is 1.48. The molecular formula is C16H23NO5. The van der Waals surface area contributed by atoms with E-state index in [1.54, 1.807) is 21.3 Å². The highest BCUT2D eigenvalue weighted by Gasteiger charge is 2.31. The van der Waals surface area contributed by atoms with Gasteiger partial charge in [-0.2, -0.15) is 0 Å². The van der Waals surface area contributed by atoms with Crippen LogP contribution in [0, 0.1) is 0 Å². The van der Waals surface area contributed by atoms with Crippen LogP contribution in [0.15, 0.2) is 12.1 Å². The second kappa shape index (κ2) is 7.24. The lowest BCUT2D eigenvalue weighted by Gasteiger charge is -2.36. The molecule has 0 aliphatic carbocycles. The Bertz CT molecular complexity index is 506. The summed E-state index contributed by atoms with van der Waals surface area (Å²) >= 11 is 0. The first kappa shape index (κ1) is 16.3. The summed E-state index contributed by atoms with van der Waals surface area (Å²) in [7, 11) is 6.15. The molecule has 2 rings (SSSR count). The summed E-state index contributed by atoms with van der Waals surface area (Å²) in [6, 6.07) is 3.45. The third kappa shape index (κ3) is 3.05. The van der Waals surface area contributed by atoms with Gasteiger partial charge in [0.25, 0.3) is 0 Å². The van der Waals surface area contributed by atoms with E-state index in [-0.39, 0.29) is 12.0 Å². The van der Waals surface area contributed by atoms with E-state index in [0.717, 1.165) is 31.5 Å². The van der Waals surface area contributed by atoms with Crippen molar-refractivity contribution in [2.45, 2.75) is 25.3 Å². The minimum Gasteiger partial charge on any atom is -0.493 e. The van der Waals surface area contributed by atoms with Gasteiger partial charge in [-0.05, 0) is 19.3 Å². The van der Waals surface area contributed by atoms with Crippen molar-refractivity contribution in [3.63, 3.8) is 0 Å². The summed E-state index contributed by atoms with van der Waals surface area (Å²) in [6.45, 7) is 0.790. The van der Waals surface area contributed by atoms with Gasteiger partial charge in [0.2, 0.25) is 5.75 Å². The summed E-state index contributed by atoms with van der Waals surface area (Å²) in [5.41, 5.74) is 0.865. The number of ether oxygens (including phenoxy) is 4. The fourth-order valence-corrected chi connectivity index (χ4v) is 2.85. The lowest BCUT2D eigenvalue weighted by Crippen LogP contribution is -2.45. The Kier molecular flexibility index (Phi) is 5.35. The minimum atomic E-state index is -0.276. The molecule has 1 fully saturated rings. The van der Waals surface area contributed by atoms with Crippen LogP contribution in [0.4, 0.5) is 5.69 Å². The topological polar surface area (TPSA) is 57.2 Å². The maximum absolute atomic E-state index is 12.0. The number of rotatable bonds is 5. The molecule has 0 bridgehead atoms. The van der Waals surface area contributed by atoms with Gasteiger partial charge in [0.1, 0.15) is 6.04 Å². The van der Waals surface area contributed by atoms with Crippen molar-refractivity contribution in [3.8, 4) is 17.2 Å². The summed E-state index contributed by atoms with van der Waals surface area (Å²) < 4.78 is 21.0. The van der Waals surface area contributed by atoms with Crippen molar-refractivity contribution in [1.29, 1.82) is 0 Å². The number of anilines is 1. The molecule has 6 heteroatoms. The summed E-state index contributed by atoms with van der Waals surface area (Å²) in [4.78, 5) is 14.1. The normalized spacial score (nSPS) is 17.8. The van der Waals surface area contributed by atoms with Crippen LogP contribution in [0.5, 0.6) is 17.2 Å². The Morgan fingerprint density at radius 2 is 1.68 bits per heavy atom. The third-order valence-corrected chi connectivity index (χ3v) is 3.96. The molecule has 0 amide bonds. The van der Waals surface area contributed by atoms with E-state index in [1.807, 2.05) is 17.0 Å². The number of carbonyl (C=O) groups is 1. The standard InChI is InChI=1S/C16H23NO5/c1-19-13-9-11(10-14(20-2)15(13)21-3)17-8-6-5-7-12(17)16(18)22-4/h9-10,12H,5-8H2,1-4H3. The molecular weight excluding hydrogens is 286 g/mol. The zero-order valence-corrected chi connectivity index (χ0v) is 13.5. The van der Waals surface area contributed by atoms with Gasteiger partial charge in [-0.15, -0.1) is 0 Å². The van der Waals surface area contributed by atoms with E-state index in [0.29, 0.717) is 17.2 Å². The van der Waals surface area contributed by atoms with Crippen molar-refractivity contribution in [3.05, 3.63) is 12.1 Å². The number of carbonyl (C=O) groups excluding carboxylic acids is 1. The average molecular weight is 309 g/mol. The molecule has 1 atom stereocenters. The summed E-state index contributed by atoms with van der Waals surface area (Å²) in [5, 5.41) is 0. The Morgan fingerprint density at radius 3 is 2.18 bits per heavy atom. The third-order valence-electron chi connectivity index (χ3n) is 3.96. The van der Waals surface area contributed by atoms with Crippen molar-refractivity contribution < 1.29 is 23.7 Å². The first-order valence-electron chi connectivity index (χ1n) is 7.30. The molecule has 0 saturated carbocycles. The molecule has 1 aromatic rings. The Hall–Kier alpha value is -2.11. The van der Waals surface area contributed by atoms with Crippen LogP contribution in [-0.4, -0.2) is 47.0 Å². The number of nitrogens with zero attached hydrogens (tertiary/aromatic N) is 1. The SMILES string of the molecule is COC(=O)C1CCCCN1c1cc(OC)c(OC)c(OC)c1. The van der Waals surface area contributed by atoms with Gasteiger partial charge in [0.15, 0.2) is 11.5 Å². The smallest absolute Gasteiger partial charge is 0.328 e. The van der Waals surface area contributed by atoms with Crippen LogP contribution in [0.2, 0.25) is 0 Å². The van der Waals surface area contributed by atoms with E-state index >= 15 is 0 Å². The Labute approximate surface area is 130 Å². The predicted octanol–water partition coefficient (Wildman–Crippen LogP) is 2.24. The molecule has 122 valence electrons. The Balaban J connectivity index is 2.43. The largest absolute Gasteiger partial charge is 0.493 e. The minimum absolute atomic E-state index is 0.214. The monoisotopic (exact) mass is 309 g/mol.